The van der Waals surface area contributed by atoms with Gasteiger partial charge in [0.15, 0.2) is 0 Å². The summed E-state index contributed by atoms with van der Waals surface area (Å²) in [7, 11) is 3.09. The average molecular weight is 446 g/mol. The zero-order valence-corrected chi connectivity index (χ0v) is 19.8. The fourth-order valence-corrected chi connectivity index (χ4v) is 4.52. The van der Waals surface area contributed by atoms with Crippen LogP contribution >= 0.6 is 0 Å². The maximum atomic E-state index is 11.9. The monoisotopic (exact) mass is 445 g/mol. The highest BCUT2D eigenvalue weighted by molar-refractivity contribution is 6.11. The molecule has 3 aromatic carbocycles. The Morgan fingerprint density at radius 1 is 0.909 bits per heavy atom. The van der Waals surface area contributed by atoms with E-state index in [-0.39, 0.29) is 5.97 Å². The van der Waals surface area contributed by atoms with Gasteiger partial charge in [-0.05, 0) is 74.6 Å². The second kappa shape index (κ2) is 9.99. The molecule has 4 aromatic rings. The minimum absolute atomic E-state index is 0.376. The van der Waals surface area contributed by atoms with Crippen molar-refractivity contribution in [3.63, 3.8) is 0 Å². The number of aromatic nitrogens is 1. The molecule has 0 bridgehead atoms. The molecule has 1 aromatic heterocycles. The van der Waals surface area contributed by atoms with Gasteiger partial charge in [0.2, 0.25) is 0 Å². The van der Waals surface area contributed by atoms with Crippen LogP contribution in [0.25, 0.3) is 21.8 Å². The van der Waals surface area contributed by atoms with Crippen molar-refractivity contribution in [3.05, 3.63) is 71.3 Å². The number of esters is 1. The van der Waals surface area contributed by atoms with Gasteiger partial charge in [-0.2, -0.15) is 0 Å². The molecule has 5 heteroatoms. The van der Waals surface area contributed by atoms with E-state index in [1.165, 1.54) is 40.0 Å². The topological polar surface area (TPSA) is 49.7 Å². The number of ether oxygens (including phenoxy) is 3. The van der Waals surface area contributed by atoms with E-state index in [1.807, 2.05) is 24.3 Å². The van der Waals surface area contributed by atoms with Crippen molar-refractivity contribution in [3.8, 4) is 11.5 Å². The van der Waals surface area contributed by atoms with Gasteiger partial charge in [0, 0.05) is 22.8 Å². The minimum atomic E-state index is -0.376. The van der Waals surface area contributed by atoms with E-state index in [0.717, 1.165) is 31.6 Å². The first kappa shape index (κ1) is 22.7. The number of benzene rings is 3. The number of nitrogens with zero attached hydrogens (tertiary/aromatic N) is 1. The second-order valence-electron chi connectivity index (χ2n) is 8.35. The Bertz CT molecular complexity index is 1290. The summed E-state index contributed by atoms with van der Waals surface area (Å²) in [6.07, 6.45) is 2.99. The molecule has 0 aliphatic carbocycles. The fourth-order valence-electron chi connectivity index (χ4n) is 4.52. The lowest BCUT2D eigenvalue weighted by molar-refractivity contribution is 0.0596. The number of aryl methyl sites for hydroxylation is 3. The summed E-state index contributed by atoms with van der Waals surface area (Å²) in [6.45, 7) is 5.86. The van der Waals surface area contributed by atoms with Gasteiger partial charge in [-0.15, -0.1) is 0 Å². The SMILES string of the molecule is COC(=O)c1ccccc1OCCCCCn1c2ccc(OC)cc2c2c(C)ccc(C)c21. The molecule has 5 nitrogen and oxygen atoms in total. The number of methoxy groups -OCH3 is 2. The highest BCUT2D eigenvalue weighted by Gasteiger charge is 2.15. The Labute approximate surface area is 194 Å². The van der Waals surface area contributed by atoms with Crippen molar-refractivity contribution in [1.29, 1.82) is 0 Å². The van der Waals surface area contributed by atoms with E-state index >= 15 is 0 Å². The lowest BCUT2D eigenvalue weighted by atomic mass is 10.0. The molecule has 0 aliphatic heterocycles. The lowest BCUT2D eigenvalue weighted by Gasteiger charge is -2.11. The second-order valence-corrected chi connectivity index (χ2v) is 8.35. The van der Waals surface area contributed by atoms with Gasteiger partial charge in [0.25, 0.3) is 0 Å². The number of carbonyl (C=O) groups excluding carboxylic acids is 1. The molecule has 172 valence electrons. The number of hydrogen-bond acceptors (Lipinski definition) is 4. The lowest BCUT2D eigenvalue weighted by Crippen LogP contribution is -2.07. The highest BCUT2D eigenvalue weighted by atomic mass is 16.5. The Kier molecular flexibility index (Phi) is 6.87. The zero-order valence-electron chi connectivity index (χ0n) is 19.8. The van der Waals surface area contributed by atoms with Crippen molar-refractivity contribution in [2.24, 2.45) is 0 Å². The Balaban J connectivity index is 1.45. The van der Waals surface area contributed by atoms with E-state index in [9.17, 15) is 4.79 Å². The van der Waals surface area contributed by atoms with Gasteiger partial charge in [-0.25, -0.2) is 4.79 Å². The van der Waals surface area contributed by atoms with Crippen molar-refractivity contribution in [2.45, 2.75) is 39.7 Å². The van der Waals surface area contributed by atoms with Gasteiger partial charge in [0.1, 0.15) is 17.1 Å². The molecular formula is C28H31NO4. The number of fused-ring (bicyclic) bond motifs is 3. The first-order valence-electron chi connectivity index (χ1n) is 11.4. The third-order valence-electron chi connectivity index (χ3n) is 6.20. The van der Waals surface area contributed by atoms with E-state index in [4.69, 9.17) is 14.2 Å². The first-order chi connectivity index (χ1) is 16.0. The molecule has 0 unspecified atom stereocenters. The largest absolute Gasteiger partial charge is 0.497 e. The fraction of sp³-hybridized carbons (Fsp3) is 0.321. The van der Waals surface area contributed by atoms with E-state index in [0.29, 0.717) is 17.9 Å². The maximum Gasteiger partial charge on any atom is 0.341 e. The van der Waals surface area contributed by atoms with Crippen LogP contribution in [0, 0.1) is 13.8 Å². The van der Waals surface area contributed by atoms with Crippen LogP contribution in [0.2, 0.25) is 0 Å². The van der Waals surface area contributed by atoms with Crippen LogP contribution in [0.1, 0.15) is 40.7 Å². The molecule has 0 atom stereocenters. The van der Waals surface area contributed by atoms with Crippen LogP contribution in [0.4, 0.5) is 0 Å². The number of hydrogen-bond donors (Lipinski definition) is 0. The Morgan fingerprint density at radius 2 is 1.70 bits per heavy atom. The highest BCUT2D eigenvalue weighted by Crippen LogP contribution is 2.35. The van der Waals surface area contributed by atoms with Crippen LogP contribution in [0.15, 0.2) is 54.6 Å². The predicted octanol–water partition coefficient (Wildman–Crippen LogP) is 6.46. The molecule has 33 heavy (non-hydrogen) atoms. The van der Waals surface area contributed by atoms with Crippen LogP contribution in [-0.4, -0.2) is 31.4 Å². The van der Waals surface area contributed by atoms with E-state index in [2.05, 4.69) is 42.7 Å². The molecular weight excluding hydrogens is 414 g/mol. The van der Waals surface area contributed by atoms with Crippen LogP contribution in [0.5, 0.6) is 11.5 Å². The third kappa shape index (κ3) is 4.54. The van der Waals surface area contributed by atoms with Gasteiger partial charge in [-0.1, -0.05) is 24.3 Å². The van der Waals surface area contributed by atoms with Crippen LogP contribution < -0.4 is 9.47 Å². The molecule has 4 rings (SSSR count). The van der Waals surface area contributed by atoms with Crippen LogP contribution in [-0.2, 0) is 11.3 Å². The summed E-state index contributed by atoms with van der Waals surface area (Å²) in [4.78, 5) is 11.9. The predicted molar refractivity (Wildman–Crippen MR) is 133 cm³/mol. The summed E-state index contributed by atoms with van der Waals surface area (Å²) in [5.74, 6) is 1.08. The summed E-state index contributed by atoms with van der Waals surface area (Å²) in [5.41, 5.74) is 5.58. The zero-order chi connectivity index (χ0) is 23.4. The van der Waals surface area contributed by atoms with E-state index < -0.39 is 0 Å². The first-order valence-corrected chi connectivity index (χ1v) is 11.4. The quantitative estimate of drug-likeness (QED) is 0.219. The molecule has 0 aliphatic rings. The summed E-state index contributed by atoms with van der Waals surface area (Å²) >= 11 is 0. The van der Waals surface area contributed by atoms with Crippen LogP contribution in [0.3, 0.4) is 0 Å². The average Bonchev–Trinajstić information content (AvgIpc) is 3.18. The maximum absolute atomic E-state index is 11.9. The molecule has 0 spiro atoms. The van der Waals surface area contributed by atoms with E-state index in [1.54, 1.807) is 13.2 Å². The third-order valence-corrected chi connectivity index (χ3v) is 6.20. The van der Waals surface area contributed by atoms with Gasteiger partial charge in [0.05, 0.1) is 26.3 Å². The molecule has 0 amide bonds. The standard InChI is InChI=1S/C28H31NO4/c1-19-12-13-20(2)27-26(19)23-18-21(31-3)14-15-24(23)29(27)16-8-5-9-17-33-25-11-7-6-10-22(25)28(30)32-4/h6-7,10-15,18H,5,8-9,16-17H2,1-4H3. The summed E-state index contributed by atoms with van der Waals surface area (Å²) in [6, 6.07) is 18.0. The number of carbonyl (C=O) groups is 1. The molecule has 1 heterocycles. The normalized spacial score (nSPS) is 11.2. The van der Waals surface area contributed by atoms with Crippen molar-refractivity contribution >= 4 is 27.8 Å². The molecule has 0 N–H and O–H groups in total. The smallest absolute Gasteiger partial charge is 0.341 e. The number of rotatable bonds is 9. The molecule has 0 fully saturated rings. The van der Waals surface area contributed by atoms with Crippen molar-refractivity contribution in [2.75, 3.05) is 20.8 Å². The Hall–Kier alpha value is -3.47. The molecule has 0 saturated heterocycles. The van der Waals surface area contributed by atoms with Gasteiger partial charge >= 0.3 is 5.97 Å². The van der Waals surface area contributed by atoms with Crippen molar-refractivity contribution in [1.82, 2.24) is 4.57 Å². The number of unbranched alkanes of at least 4 members (excludes halogenated alkanes) is 2. The molecule has 0 radical (unpaired) electrons. The summed E-state index contributed by atoms with van der Waals surface area (Å²) < 4.78 is 18.6. The van der Waals surface area contributed by atoms with Crippen molar-refractivity contribution < 1.29 is 19.0 Å². The molecule has 0 saturated carbocycles. The number of para-hydroxylation sites is 1. The Morgan fingerprint density at radius 3 is 2.48 bits per heavy atom. The van der Waals surface area contributed by atoms with Gasteiger partial charge in [-0.3, -0.25) is 0 Å². The van der Waals surface area contributed by atoms with Gasteiger partial charge < -0.3 is 18.8 Å². The summed E-state index contributed by atoms with van der Waals surface area (Å²) in [5, 5.41) is 2.56. The minimum Gasteiger partial charge on any atom is -0.497 e.